The lowest BCUT2D eigenvalue weighted by molar-refractivity contribution is -0.128. The Hall–Kier alpha value is -1.26. The minimum Gasteiger partial charge on any atom is -0.481 e. The Morgan fingerprint density at radius 3 is 2.50 bits per heavy atom. The quantitative estimate of drug-likeness (QED) is 0.844. The predicted octanol–water partition coefficient (Wildman–Crippen LogP) is 2.90. The van der Waals surface area contributed by atoms with Gasteiger partial charge in [-0.2, -0.15) is 0 Å². The van der Waals surface area contributed by atoms with E-state index in [1.54, 1.807) is 6.92 Å². The number of hydrogen-bond acceptors (Lipinski definition) is 3. The number of amides is 1. The predicted molar refractivity (Wildman–Crippen MR) is 91.3 cm³/mol. The summed E-state index contributed by atoms with van der Waals surface area (Å²) in [5.41, 5.74) is 5.85. The highest BCUT2D eigenvalue weighted by atomic mass is 35.5. The van der Waals surface area contributed by atoms with E-state index in [1.807, 2.05) is 30.3 Å². The molecule has 22 heavy (non-hydrogen) atoms. The number of rotatable bonds is 6. The number of nitrogens with two attached hydrogens (primary N) is 1. The van der Waals surface area contributed by atoms with Gasteiger partial charge in [0.1, 0.15) is 5.75 Å². The topological polar surface area (TPSA) is 64.3 Å². The van der Waals surface area contributed by atoms with Gasteiger partial charge in [0, 0.05) is 12.6 Å². The third kappa shape index (κ3) is 5.50. The maximum Gasteiger partial charge on any atom is 0.261 e. The maximum absolute atomic E-state index is 12.3. The van der Waals surface area contributed by atoms with E-state index in [4.69, 9.17) is 10.5 Å². The summed E-state index contributed by atoms with van der Waals surface area (Å²) in [6.45, 7) is 2.27. The van der Waals surface area contributed by atoms with Gasteiger partial charge in [-0.25, -0.2) is 0 Å². The van der Waals surface area contributed by atoms with Gasteiger partial charge in [-0.15, -0.1) is 12.4 Å². The molecule has 0 aliphatic heterocycles. The number of hydrogen-bond donors (Lipinski definition) is 2. The van der Waals surface area contributed by atoms with Crippen molar-refractivity contribution in [2.24, 2.45) is 11.7 Å². The Balaban J connectivity index is 0.00000242. The zero-order chi connectivity index (χ0) is 15.1. The standard InChI is InChI=1S/C17H26N2O2.ClH/c1-13(21-15-10-6-3-7-11-15)17(20)19-16(12-18)14-8-4-2-5-9-14;/h3,6-7,10-11,13-14,16H,2,4-5,8-9,12,18H2,1H3,(H,19,20);1H. The molecule has 0 radical (unpaired) electrons. The number of carbonyl (C=O) groups is 1. The minimum absolute atomic E-state index is 0. The normalized spacial score (nSPS) is 17.9. The van der Waals surface area contributed by atoms with Crippen LogP contribution in [0.25, 0.3) is 0 Å². The lowest BCUT2D eigenvalue weighted by atomic mass is 9.84. The summed E-state index contributed by atoms with van der Waals surface area (Å²) >= 11 is 0. The Bertz CT molecular complexity index is 436. The van der Waals surface area contributed by atoms with E-state index in [0.717, 1.165) is 12.8 Å². The highest BCUT2D eigenvalue weighted by molar-refractivity contribution is 5.85. The Morgan fingerprint density at radius 2 is 1.91 bits per heavy atom. The molecule has 1 aliphatic rings. The second-order valence-corrected chi connectivity index (χ2v) is 5.82. The molecular weight excluding hydrogens is 300 g/mol. The maximum atomic E-state index is 12.3. The molecule has 0 bridgehead atoms. The molecule has 2 unspecified atom stereocenters. The van der Waals surface area contributed by atoms with Gasteiger partial charge in [-0.1, -0.05) is 37.5 Å². The van der Waals surface area contributed by atoms with Crippen molar-refractivity contribution >= 4 is 18.3 Å². The molecule has 1 aromatic carbocycles. The molecule has 2 rings (SSSR count). The first kappa shape index (κ1) is 18.8. The van der Waals surface area contributed by atoms with Gasteiger partial charge in [0.2, 0.25) is 0 Å². The van der Waals surface area contributed by atoms with Crippen molar-refractivity contribution in [3.05, 3.63) is 30.3 Å². The summed E-state index contributed by atoms with van der Waals surface area (Å²) in [5.74, 6) is 1.14. The minimum atomic E-state index is -0.509. The van der Waals surface area contributed by atoms with Crippen LogP contribution in [0.15, 0.2) is 30.3 Å². The van der Waals surface area contributed by atoms with E-state index in [0.29, 0.717) is 18.2 Å². The van der Waals surface area contributed by atoms with Gasteiger partial charge in [0.05, 0.1) is 0 Å². The molecular formula is C17H27ClN2O2. The van der Waals surface area contributed by atoms with Crippen LogP contribution in [0.1, 0.15) is 39.0 Å². The molecule has 0 aromatic heterocycles. The van der Waals surface area contributed by atoms with Crippen LogP contribution >= 0.6 is 12.4 Å². The van der Waals surface area contributed by atoms with E-state index < -0.39 is 6.10 Å². The van der Waals surface area contributed by atoms with Crippen molar-refractivity contribution in [1.82, 2.24) is 5.32 Å². The monoisotopic (exact) mass is 326 g/mol. The van der Waals surface area contributed by atoms with Crippen LogP contribution in [-0.2, 0) is 4.79 Å². The Labute approximate surface area is 139 Å². The zero-order valence-corrected chi connectivity index (χ0v) is 14.0. The first-order chi connectivity index (χ1) is 10.2. The number of carbonyl (C=O) groups excluding carboxylic acids is 1. The van der Waals surface area contributed by atoms with Crippen LogP contribution in [0.3, 0.4) is 0 Å². The zero-order valence-electron chi connectivity index (χ0n) is 13.2. The average molecular weight is 327 g/mol. The number of benzene rings is 1. The summed E-state index contributed by atoms with van der Waals surface area (Å²) in [4.78, 5) is 12.3. The van der Waals surface area contributed by atoms with Gasteiger partial charge >= 0.3 is 0 Å². The molecule has 0 heterocycles. The number of para-hydroxylation sites is 1. The molecule has 0 spiro atoms. The highest BCUT2D eigenvalue weighted by Gasteiger charge is 2.26. The number of nitrogens with one attached hydrogen (secondary N) is 1. The summed E-state index contributed by atoms with van der Waals surface area (Å²) in [6.07, 6.45) is 5.60. The first-order valence-electron chi connectivity index (χ1n) is 7.93. The van der Waals surface area contributed by atoms with Crippen molar-refractivity contribution < 1.29 is 9.53 Å². The second-order valence-electron chi connectivity index (χ2n) is 5.82. The molecule has 1 amide bonds. The first-order valence-corrected chi connectivity index (χ1v) is 7.93. The summed E-state index contributed by atoms with van der Waals surface area (Å²) in [7, 11) is 0. The lowest BCUT2D eigenvalue weighted by Gasteiger charge is -2.30. The lowest BCUT2D eigenvalue weighted by Crippen LogP contribution is -2.49. The van der Waals surface area contributed by atoms with Crippen LogP contribution in [0.5, 0.6) is 5.75 Å². The molecule has 1 aliphatic carbocycles. The van der Waals surface area contributed by atoms with Crippen LogP contribution in [0.2, 0.25) is 0 Å². The molecule has 2 atom stereocenters. The van der Waals surface area contributed by atoms with Crippen molar-refractivity contribution in [1.29, 1.82) is 0 Å². The molecule has 124 valence electrons. The largest absolute Gasteiger partial charge is 0.481 e. The SMILES string of the molecule is CC(Oc1ccccc1)C(=O)NC(CN)C1CCCCC1.Cl. The van der Waals surface area contributed by atoms with Gasteiger partial charge in [-0.3, -0.25) is 4.79 Å². The third-order valence-electron chi connectivity index (χ3n) is 4.23. The molecule has 4 nitrogen and oxygen atoms in total. The highest BCUT2D eigenvalue weighted by Crippen LogP contribution is 2.26. The number of halogens is 1. The van der Waals surface area contributed by atoms with Crippen LogP contribution < -0.4 is 15.8 Å². The molecule has 1 aromatic rings. The van der Waals surface area contributed by atoms with Crippen molar-refractivity contribution in [2.45, 2.75) is 51.2 Å². The van der Waals surface area contributed by atoms with Crippen LogP contribution in [0.4, 0.5) is 0 Å². The summed E-state index contributed by atoms with van der Waals surface area (Å²) in [5, 5.41) is 3.07. The van der Waals surface area contributed by atoms with Crippen molar-refractivity contribution in [3.63, 3.8) is 0 Å². The molecule has 5 heteroatoms. The van der Waals surface area contributed by atoms with Crippen LogP contribution in [0, 0.1) is 5.92 Å². The smallest absolute Gasteiger partial charge is 0.261 e. The third-order valence-corrected chi connectivity index (χ3v) is 4.23. The van der Waals surface area contributed by atoms with Crippen molar-refractivity contribution in [2.75, 3.05) is 6.54 Å². The van der Waals surface area contributed by atoms with Gasteiger partial charge in [-0.05, 0) is 37.8 Å². The Morgan fingerprint density at radius 1 is 1.27 bits per heavy atom. The van der Waals surface area contributed by atoms with E-state index >= 15 is 0 Å². The molecule has 1 fully saturated rings. The molecule has 0 saturated heterocycles. The van der Waals surface area contributed by atoms with E-state index in [-0.39, 0.29) is 24.4 Å². The van der Waals surface area contributed by atoms with Gasteiger partial charge in [0.25, 0.3) is 5.91 Å². The summed E-state index contributed by atoms with van der Waals surface area (Å²) < 4.78 is 5.66. The fourth-order valence-electron chi connectivity index (χ4n) is 2.96. The van der Waals surface area contributed by atoms with E-state index in [9.17, 15) is 4.79 Å². The van der Waals surface area contributed by atoms with E-state index in [2.05, 4.69) is 5.32 Å². The molecule has 1 saturated carbocycles. The second kappa shape index (κ2) is 9.70. The fraction of sp³-hybridized carbons (Fsp3) is 0.588. The van der Waals surface area contributed by atoms with Gasteiger partial charge in [0.15, 0.2) is 6.10 Å². The Kier molecular flexibility index (Phi) is 8.28. The van der Waals surface area contributed by atoms with Gasteiger partial charge < -0.3 is 15.8 Å². The van der Waals surface area contributed by atoms with E-state index in [1.165, 1.54) is 19.3 Å². The van der Waals surface area contributed by atoms with Crippen LogP contribution in [-0.4, -0.2) is 24.6 Å². The fourth-order valence-corrected chi connectivity index (χ4v) is 2.96. The summed E-state index contributed by atoms with van der Waals surface area (Å²) in [6, 6.07) is 9.48. The van der Waals surface area contributed by atoms with Crippen molar-refractivity contribution in [3.8, 4) is 5.75 Å². The average Bonchev–Trinajstić information content (AvgIpc) is 2.54. The molecule has 3 N–H and O–H groups in total. The number of ether oxygens (including phenoxy) is 1.